The number of methoxy groups -OCH3 is 3. The largest absolute Gasteiger partial charge is 0.497 e. The second-order valence-corrected chi connectivity index (χ2v) is 9.31. The number of hydrogen-bond donors (Lipinski definition) is 0. The molecule has 2 aromatic rings. The van der Waals surface area contributed by atoms with E-state index in [2.05, 4.69) is 11.8 Å². The minimum atomic E-state index is -0.512. The normalized spacial score (nSPS) is 15.7. The second kappa shape index (κ2) is 11.2. The van der Waals surface area contributed by atoms with Gasteiger partial charge in [-0.2, -0.15) is 0 Å². The van der Waals surface area contributed by atoms with E-state index in [4.69, 9.17) is 18.9 Å². The van der Waals surface area contributed by atoms with Crippen molar-refractivity contribution in [3.8, 4) is 40.2 Å². The molecule has 182 valence electrons. The molecule has 2 aromatic carbocycles. The highest BCUT2D eigenvalue weighted by Crippen LogP contribution is 2.35. The van der Waals surface area contributed by atoms with Gasteiger partial charge in [0.25, 0.3) is 0 Å². The van der Waals surface area contributed by atoms with Crippen LogP contribution in [0.3, 0.4) is 0 Å². The molecule has 34 heavy (non-hydrogen) atoms. The molecule has 1 amide bonds. The predicted molar refractivity (Wildman–Crippen MR) is 134 cm³/mol. The molecule has 0 radical (unpaired) electrons. The molecule has 3 rings (SSSR count). The fraction of sp³-hybridized carbons (Fsp3) is 0.464. The molecule has 0 bridgehead atoms. The van der Waals surface area contributed by atoms with Crippen LogP contribution < -0.4 is 14.2 Å². The fourth-order valence-corrected chi connectivity index (χ4v) is 4.04. The van der Waals surface area contributed by atoms with Crippen molar-refractivity contribution in [2.45, 2.75) is 58.1 Å². The van der Waals surface area contributed by atoms with Crippen LogP contribution in [0.4, 0.5) is 4.79 Å². The molecule has 6 heteroatoms. The van der Waals surface area contributed by atoms with Gasteiger partial charge in [0.1, 0.15) is 11.4 Å². The fourth-order valence-electron chi connectivity index (χ4n) is 4.04. The average Bonchev–Trinajstić information content (AvgIpc) is 2.83. The Morgan fingerprint density at radius 1 is 1.00 bits per heavy atom. The summed E-state index contributed by atoms with van der Waals surface area (Å²) < 4.78 is 21.9. The Morgan fingerprint density at radius 2 is 1.76 bits per heavy atom. The number of piperidine rings is 1. The van der Waals surface area contributed by atoms with E-state index in [0.717, 1.165) is 41.7 Å². The molecule has 0 spiro atoms. The van der Waals surface area contributed by atoms with Crippen LogP contribution in [0.25, 0.3) is 11.1 Å². The first-order valence-corrected chi connectivity index (χ1v) is 11.6. The summed E-state index contributed by atoms with van der Waals surface area (Å²) in [6.07, 6.45) is 3.35. The number of ether oxygens (including phenoxy) is 4. The molecule has 1 aliphatic heterocycles. The van der Waals surface area contributed by atoms with Crippen molar-refractivity contribution in [3.05, 3.63) is 42.0 Å². The molecule has 1 unspecified atom stereocenters. The maximum atomic E-state index is 12.7. The Kier molecular flexibility index (Phi) is 8.33. The zero-order valence-corrected chi connectivity index (χ0v) is 21.1. The maximum absolute atomic E-state index is 12.7. The molecule has 0 N–H and O–H groups in total. The molecule has 0 aliphatic carbocycles. The van der Waals surface area contributed by atoms with E-state index in [9.17, 15) is 4.79 Å². The number of benzene rings is 2. The zero-order valence-electron chi connectivity index (χ0n) is 21.1. The van der Waals surface area contributed by atoms with Crippen molar-refractivity contribution >= 4 is 6.09 Å². The Hall–Kier alpha value is -3.33. The lowest BCUT2D eigenvalue weighted by atomic mass is 9.97. The highest BCUT2D eigenvalue weighted by molar-refractivity contribution is 5.75. The monoisotopic (exact) mass is 465 g/mol. The van der Waals surface area contributed by atoms with Crippen molar-refractivity contribution in [1.82, 2.24) is 4.90 Å². The third kappa shape index (κ3) is 6.38. The smallest absolute Gasteiger partial charge is 0.410 e. The zero-order chi connectivity index (χ0) is 24.7. The van der Waals surface area contributed by atoms with Gasteiger partial charge >= 0.3 is 6.09 Å². The van der Waals surface area contributed by atoms with Crippen LogP contribution >= 0.6 is 0 Å². The molecule has 1 heterocycles. The van der Waals surface area contributed by atoms with Crippen LogP contribution in [0.2, 0.25) is 0 Å². The number of carbonyl (C=O) groups is 1. The van der Waals surface area contributed by atoms with Crippen molar-refractivity contribution in [2.24, 2.45) is 0 Å². The van der Waals surface area contributed by atoms with Crippen molar-refractivity contribution < 1.29 is 23.7 Å². The Balaban J connectivity index is 1.86. The molecular weight excluding hydrogens is 430 g/mol. The van der Waals surface area contributed by atoms with Gasteiger partial charge in [-0.1, -0.05) is 17.9 Å². The van der Waals surface area contributed by atoms with Gasteiger partial charge in [-0.15, -0.1) is 0 Å². The molecule has 1 fully saturated rings. The van der Waals surface area contributed by atoms with E-state index in [1.807, 2.05) is 62.1 Å². The van der Waals surface area contributed by atoms with Crippen LogP contribution in [0, 0.1) is 11.8 Å². The molecule has 1 saturated heterocycles. The maximum Gasteiger partial charge on any atom is 0.410 e. The molecule has 6 nitrogen and oxygen atoms in total. The lowest BCUT2D eigenvalue weighted by Crippen LogP contribution is -2.46. The van der Waals surface area contributed by atoms with Crippen molar-refractivity contribution in [1.29, 1.82) is 0 Å². The third-order valence-corrected chi connectivity index (χ3v) is 5.74. The van der Waals surface area contributed by atoms with Gasteiger partial charge in [0, 0.05) is 30.1 Å². The topological polar surface area (TPSA) is 57.2 Å². The summed E-state index contributed by atoms with van der Waals surface area (Å²) in [6, 6.07) is 11.7. The van der Waals surface area contributed by atoms with Crippen LogP contribution in [0.5, 0.6) is 17.2 Å². The minimum absolute atomic E-state index is 0.0545. The summed E-state index contributed by atoms with van der Waals surface area (Å²) in [4.78, 5) is 14.5. The summed E-state index contributed by atoms with van der Waals surface area (Å²) in [5.74, 6) is 8.72. The second-order valence-electron chi connectivity index (χ2n) is 9.31. The van der Waals surface area contributed by atoms with Crippen LogP contribution in [0.15, 0.2) is 36.4 Å². The van der Waals surface area contributed by atoms with Crippen molar-refractivity contribution in [2.75, 3.05) is 27.9 Å². The summed E-state index contributed by atoms with van der Waals surface area (Å²) in [7, 11) is 4.88. The van der Waals surface area contributed by atoms with Crippen LogP contribution in [-0.4, -0.2) is 50.5 Å². The van der Waals surface area contributed by atoms with Gasteiger partial charge in [-0.3, -0.25) is 0 Å². The summed E-state index contributed by atoms with van der Waals surface area (Å²) in [5.41, 5.74) is 2.27. The summed E-state index contributed by atoms with van der Waals surface area (Å²) in [5, 5.41) is 0. The molecule has 1 aliphatic rings. The molecule has 1 atom stereocenters. The lowest BCUT2D eigenvalue weighted by molar-refractivity contribution is 0.0105. The highest BCUT2D eigenvalue weighted by atomic mass is 16.6. The van der Waals surface area contributed by atoms with E-state index in [1.54, 1.807) is 21.3 Å². The van der Waals surface area contributed by atoms with E-state index in [1.165, 1.54) is 0 Å². The average molecular weight is 466 g/mol. The summed E-state index contributed by atoms with van der Waals surface area (Å²) >= 11 is 0. The number of nitrogens with zero attached hydrogens (tertiary/aromatic N) is 1. The number of likely N-dealkylation sites (tertiary alicyclic amines) is 1. The molecule has 0 saturated carbocycles. The first-order chi connectivity index (χ1) is 16.3. The van der Waals surface area contributed by atoms with Crippen LogP contribution in [0.1, 0.15) is 52.0 Å². The number of carbonyl (C=O) groups excluding carboxylic acids is 1. The van der Waals surface area contributed by atoms with Gasteiger partial charge < -0.3 is 23.8 Å². The summed E-state index contributed by atoms with van der Waals surface area (Å²) in [6.45, 7) is 6.38. The Bertz CT molecular complexity index is 1060. The van der Waals surface area contributed by atoms with Gasteiger partial charge in [-0.25, -0.2) is 4.79 Å². The lowest BCUT2D eigenvalue weighted by Gasteiger charge is -2.36. The number of amides is 1. The van der Waals surface area contributed by atoms with Crippen molar-refractivity contribution in [3.63, 3.8) is 0 Å². The highest BCUT2D eigenvalue weighted by Gasteiger charge is 2.29. The number of rotatable bonds is 5. The SMILES string of the molecule is COc1ccc(C#CCC2CCCCN2C(=O)OC(C)(C)C)c(-c2ccc(OC)c(OC)c2)c1. The Labute approximate surface area is 203 Å². The third-order valence-electron chi connectivity index (χ3n) is 5.74. The number of hydrogen-bond acceptors (Lipinski definition) is 5. The van der Waals surface area contributed by atoms with Crippen LogP contribution in [-0.2, 0) is 4.74 Å². The van der Waals surface area contributed by atoms with E-state index in [0.29, 0.717) is 24.5 Å². The van der Waals surface area contributed by atoms with E-state index in [-0.39, 0.29) is 12.1 Å². The van der Waals surface area contributed by atoms with Gasteiger partial charge in [0.2, 0.25) is 0 Å². The first-order valence-electron chi connectivity index (χ1n) is 11.6. The van der Waals surface area contributed by atoms with E-state index < -0.39 is 5.60 Å². The van der Waals surface area contributed by atoms with Gasteiger partial charge in [0.15, 0.2) is 11.5 Å². The molecule has 0 aromatic heterocycles. The predicted octanol–water partition coefficient (Wildman–Crippen LogP) is 5.91. The minimum Gasteiger partial charge on any atom is -0.497 e. The Morgan fingerprint density at radius 3 is 2.44 bits per heavy atom. The molecular formula is C28H35NO5. The standard InChI is InChI=1S/C28H35NO5/c1-28(2,3)34-27(30)29-17-8-7-11-22(29)12-9-10-20-13-15-23(31-4)19-24(20)21-14-16-25(32-5)26(18-21)33-6/h13-16,18-19,22H,7-8,11-12,17H2,1-6H3. The quantitative estimate of drug-likeness (QED) is 0.514. The van der Waals surface area contributed by atoms with E-state index >= 15 is 0 Å². The van der Waals surface area contributed by atoms with Gasteiger partial charge in [-0.05, 0) is 75.9 Å². The van der Waals surface area contributed by atoms with Gasteiger partial charge in [0.05, 0.1) is 21.3 Å². The first kappa shape index (κ1) is 25.3.